The van der Waals surface area contributed by atoms with Crippen molar-refractivity contribution >= 4 is 45.7 Å². The Bertz CT molecular complexity index is 1720. The van der Waals surface area contributed by atoms with Gasteiger partial charge in [-0.1, -0.05) is 54.0 Å². The van der Waals surface area contributed by atoms with Crippen molar-refractivity contribution in [3.63, 3.8) is 0 Å². The first-order chi connectivity index (χ1) is 21.8. The summed E-state index contributed by atoms with van der Waals surface area (Å²) >= 11 is 2.50. The number of nitrogens with zero attached hydrogens (tertiary/aromatic N) is 3. The van der Waals surface area contributed by atoms with Crippen molar-refractivity contribution in [3.8, 4) is 17.2 Å². The van der Waals surface area contributed by atoms with E-state index < -0.39 is 17.7 Å². The topological polar surface area (TPSA) is 111 Å². The van der Waals surface area contributed by atoms with Crippen LogP contribution in [0, 0.1) is 5.82 Å². The van der Waals surface area contributed by atoms with Gasteiger partial charge in [-0.15, -0.1) is 10.2 Å². The van der Waals surface area contributed by atoms with Crippen LogP contribution in [0.5, 0.6) is 17.2 Å². The SMILES string of the molecule is C=CCOc1ccc(C2/C(=C(\O)c3ccc(OCC)cc3)C(=O)C(=O)N2c2nnc(SCc3ccc(F)cc3)s2)cc1OCC. The van der Waals surface area contributed by atoms with E-state index in [0.29, 0.717) is 51.7 Å². The van der Waals surface area contributed by atoms with Crippen LogP contribution in [-0.2, 0) is 15.3 Å². The maximum Gasteiger partial charge on any atom is 0.301 e. The molecule has 2 heterocycles. The second-order valence-corrected chi connectivity index (χ2v) is 11.8. The Morgan fingerprint density at radius 3 is 2.42 bits per heavy atom. The van der Waals surface area contributed by atoms with Crippen LogP contribution < -0.4 is 19.1 Å². The third kappa shape index (κ3) is 7.02. The molecule has 5 rings (SSSR count). The lowest BCUT2D eigenvalue weighted by atomic mass is 9.95. The van der Waals surface area contributed by atoms with Crippen LogP contribution in [0.3, 0.4) is 0 Å². The molecule has 0 radical (unpaired) electrons. The van der Waals surface area contributed by atoms with E-state index in [2.05, 4.69) is 16.8 Å². The van der Waals surface area contributed by atoms with Gasteiger partial charge in [-0.25, -0.2) is 4.39 Å². The van der Waals surface area contributed by atoms with Gasteiger partial charge in [-0.05, 0) is 73.5 Å². The van der Waals surface area contributed by atoms with Crippen molar-refractivity contribution in [2.75, 3.05) is 24.7 Å². The van der Waals surface area contributed by atoms with Gasteiger partial charge in [0.2, 0.25) is 5.13 Å². The van der Waals surface area contributed by atoms with E-state index in [4.69, 9.17) is 14.2 Å². The number of aliphatic hydroxyl groups is 1. The fraction of sp³-hybridized carbons (Fsp3) is 0.212. The standard InChI is InChI=1S/C33H30FN3O6S2/c1-4-17-43-25-16-11-22(18-26(25)42-6-3)28-27(29(38)21-9-14-24(15-10-21)41-5-2)30(39)31(40)37(28)32-35-36-33(45-32)44-19-20-7-12-23(34)13-8-20/h4,7-16,18,28,38H,1,5-6,17,19H2,2-3H3/b29-27+. The molecule has 232 valence electrons. The van der Waals surface area contributed by atoms with Gasteiger partial charge in [-0.2, -0.15) is 0 Å². The van der Waals surface area contributed by atoms with Crippen LogP contribution in [-0.4, -0.2) is 46.8 Å². The van der Waals surface area contributed by atoms with Crippen LogP contribution in [0.2, 0.25) is 0 Å². The average Bonchev–Trinajstić information content (AvgIpc) is 3.62. The maximum absolute atomic E-state index is 13.7. The Morgan fingerprint density at radius 2 is 1.73 bits per heavy atom. The smallest absolute Gasteiger partial charge is 0.301 e. The summed E-state index contributed by atoms with van der Waals surface area (Å²) in [5.41, 5.74) is 1.61. The quantitative estimate of drug-likeness (QED) is 0.0411. The van der Waals surface area contributed by atoms with Crippen molar-refractivity contribution in [2.45, 2.75) is 30.0 Å². The van der Waals surface area contributed by atoms with Crippen LogP contribution in [0.25, 0.3) is 5.76 Å². The molecule has 9 nitrogen and oxygen atoms in total. The summed E-state index contributed by atoms with van der Waals surface area (Å²) in [7, 11) is 0. The third-order valence-electron chi connectivity index (χ3n) is 6.70. The number of halogens is 1. The molecule has 0 saturated carbocycles. The van der Waals surface area contributed by atoms with Gasteiger partial charge in [0.05, 0.1) is 24.8 Å². The highest BCUT2D eigenvalue weighted by Gasteiger charge is 2.48. The number of hydrogen-bond acceptors (Lipinski definition) is 10. The highest BCUT2D eigenvalue weighted by atomic mass is 32.2. The number of ether oxygens (including phenoxy) is 3. The van der Waals surface area contributed by atoms with Gasteiger partial charge < -0.3 is 19.3 Å². The predicted octanol–water partition coefficient (Wildman–Crippen LogP) is 6.96. The molecule has 1 fully saturated rings. The second-order valence-electron chi connectivity index (χ2n) is 9.63. The molecule has 12 heteroatoms. The molecule has 45 heavy (non-hydrogen) atoms. The molecule has 0 spiro atoms. The van der Waals surface area contributed by atoms with Crippen LogP contribution in [0.15, 0.2) is 89.3 Å². The third-order valence-corrected chi connectivity index (χ3v) is 8.83. The average molecular weight is 648 g/mol. The van der Waals surface area contributed by atoms with E-state index in [1.807, 2.05) is 13.8 Å². The summed E-state index contributed by atoms with van der Waals surface area (Å²) < 4.78 is 31.0. The van der Waals surface area contributed by atoms with Crippen molar-refractivity contribution in [2.24, 2.45) is 0 Å². The summed E-state index contributed by atoms with van der Waals surface area (Å²) in [5.74, 6) is -0.438. The molecule has 1 unspecified atom stereocenters. The fourth-order valence-electron chi connectivity index (χ4n) is 4.69. The second kappa shape index (κ2) is 14.4. The Labute approximate surface area is 268 Å². The zero-order valence-corrected chi connectivity index (χ0v) is 26.2. The van der Waals surface area contributed by atoms with Gasteiger partial charge in [0.25, 0.3) is 5.78 Å². The van der Waals surface area contributed by atoms with Gasteiger partial charge in [-0.3, -0.25) is 14.5 Å². The highest BCUT2D eigenvalue weighted by Crippen LogP contribution is 2.45. The zero-order valence-electron chi connectivity index (χ0n) is 24.6. The van der Waals surface area contributed by atoms with Gasteiger partial charge in [0.15, 0.2) is 15.8 Å². The Morgan fingerprint density at radius 1 is 1.00 bits per heavy atom. The lowest BCUT2D eigenvalue weighted by Gasteiger charge is -2.23. The normalized spacial score (nSPS) is 15.7. The van der Waals surface area contributed by atoms with Gasteiger partial charge in [0, 0.05) is 11.3 Å². The van der Waals surface area contributed by atoms with Crippen molar-refractivity contribution in [3.05, 3.63) is 107 Å². The molecule has 1 aromatic heterocycles. The number of ketones is 1. The van der Waals surface area contributed by atoms with E-state index in [1.54, 1.807) is 60.7 Å². The molecular formula is C33H30FN3O6S2. The number of anilines is 1. The minimum absolute atomic E-state index is 0.109. The minimum Gasteiger partial charge on any atom is -0.507 e. The van der Waals surface area contributed by atoms with E-state index in [0.717, 1.165) is 16.9 Å². The Hall–Kier alpha value is -4.68. The summed E-state index contributed by atoms with van der Waals surface area (Å²) in [6.07, 6.45) is 1.61. The largest absolute Gasteiger partial charge is 0.507 e. The van der Waals surface area contributed by atoms with Crippen LogP contribution in [0.1, 0.15) is 36.6 Å². The number of Topliss-reactive ketones (excluding diaryl/α,β-unsaturated/α-hetero) is 1. The number of hydrogen-bond donors (Lipinski definition) is 1. The zero-order chi connectivity index (χ0) is 31.9. The summed E-state index contributed by atoms with van der Waals surface area (Å²) in [6, 6.07) is 16.8. The lowest BCUT2D eigenvalue weighted by Crippen LogP contribution is -2.29. The number of benzene rings is 3. The predicted molar refractivity (Wildman–Crippen MR) is 172 cm³/mol. The number of rotatable bonds is 13. The molecule has 0 bridgehead atoms. The van der Waals surface area contributed by atoms with Crippen molar-refractivity contribution in [1.82, 2.24) is 10.2 Å². The van der Waals surface area contributed by atoms with Gasteiger partial charge in [0.1, 0.15) is 23.9 Å². The first-order valence-electron chi connectivity index (χ1n) is 14.1. The molecule has 1 amide bonds. The van der Waals surface area contributed by atoms with Crippen molar-refractivity contribution in [1.29, 1.82) is 0 Å². The maximum atomic E-state index is 13.7. The highest BCUT2D eigenvalue weighted by molar-refractivity contribution is 8.00. The molecule has 1 aliphatic heterocycles. The monoisotopic (exact) mass is 647 g/mol. The minimum atomic E-state index is -1.05. The Kier molecular flexibility index (Phi) is 10.2. The molecule has 4 aromatic rings. The van der Waals surface area contributed by atoms with E-state index in [-0.39, 0.29) is 28.9 Å². The number of aliphatic hydroxyl groups excluding tert-OH is 1. The van der Waals surface area contributed by atoms with E-state index in [9.17, 15) is 19.1 Å². The Balaban J connectivity index is 1.57. The molecule has 1 aliphatic rings. The summed E-state index contributed by atoms with van der Waals surface area (Å²) in [5, 5.41) is 20.2. The number of amides is 1. The van der Waals surface area contributed by atoms with E-state index in [1.165, 1.54) is 28.8 Å². The molecular weight excluding hydrogens is 618 g/mol. The molecule has 1 atom stereocenters. The molecule has 1 N–H and O–H groups in total. The molecule has 0 aliphatic carbocycles. The number of aromatic nitrogens is 2. The first-order valence-corrected chi connectivity index (χ1v) is 15.9. The number of thioether (sulfide) groups is 1. The summed E-state index contributed by atoms with van der Waals surface area (Å²) in [4.78, 5) is 28.5. The lowest BCUT2D eigenvalue weighted by molar-refractivity contribution is -0.132. The molecule has 3 aromatic carbocycles. The number of carbonyl (C=O) groups is 2. The number of carbonyl (C=O) groups excluding carboxylic acids is 2. The van der Waals surface area contributed by atoms with E-state index >= 15 is 0 Å². The summed E-state index contributed by atoms with van der Waals surface area (Å²) in [6.45, 7) is 8.43. The fourth-order valence-corrected chi connectivity index (χ4v) is 6.51. The molecule has 1 saturated heterocycles. The van der Waals surface area contributed by atoms with Crippen molar-refractivity contribution < 1.29 is 33.3 Å². The van der Waals surface area contributed by atoms with Crippen LogP contribution in [0.4, 0.5) is 9.52 Å². The van der Waals surface area contributed by atoms with Crippen LogP contribution >= 0.6 is 23.1 Å². The first kappa shape index (κ1) is 31.7. The van der Waals surface area contributed by atoms with Gasteiger partial charge >= 0.3 is 5.91 Å².